The minimum absolute atomic E-state index is 0.0878. The van der Waals surface area contributed by atoms with Crippen molar-refractivity contribution in [2.75, 3.05) is 13.1 Å². The summed E-state index contributed by atoms with van der Waals surface area (Å²) in [6, 6.07) is 7.21. The molecular weight excluding hydrogens is 361 g/mol. The summed E-state index contributed by atoms with van der Waals surface area (Å²) in [7, 11) is 0. The van der Waals surface area contributed by atoms with Crippen LogP contribution < -0.4 is 0 Å². The first kappa shape index (κ1) is 14.3. The Kier molecular flexibility index (Phi) is 4.41. The van der Waals surface area contributed by atoms with Crippen LogP contribution in [0.5, 0.6) is 0 Å². The summed E-state index contributed by atoms with van der Waals surface area (Å²) in [4.78, 5) is 24.8. The van der Waals surface area contributed by atoms with Crippen molar-refractivity contribution in [2.24, 2.45) is 0 Å². The lowest BCUT2D eigenvalue weighted by Gasteiger charge is -2.35. The van der Waals surface area contributed by atoms with E-state index in [4.69, 9.17) is 9.84 Å². The van der Waals surface area contributed by atoms with Gasteiger partial charge >= 0.3 is 5.97 Å². The first-order valence-corrected chi connectivity index (χ1v) is 6.98. The Balaban J connectivity index is 2.14. The number of carbonyl (C=O) groups excluding carboxylic acids is 1. The molecule has 1 heterocycles. The first-order valence-electron chi connectivity index (χ1n) is 5.90. The lowest BCUT2D eigenvalue weighted by Crippen LogP contribution is -2.51. The number of hydrogen-bond donors (Lipinski definition) is 1. The Morgan fingerprint density at radius 2 is 1.95 bits per heavy atom. The molecular formula is C13H14INO4. The van der Waals surface area contributed by atoms with Gasteiger partial charge in [-0.25, -0.2) is 4.79 Å². The highest BCUT2D eigenvalue weighted by Gasteiger charge is 2.32. The number of carbonyl (C=O) groups is 2. The number of carboxylic acid groups (broad SMARTS) is 1. The zero-order chi connectivity index (χ0) is 14.0. The summed E-state index contributed by atoms with van der Waals surface area (Å²) < 4.78 is 6.34. The molecule has 6 heteroatoms. The van der Waals surface area contributed by atoms with Crippen LogP contribution in [0.25, 0.3) is 0 Å². The second kappa shape index (κ2) is 5.87. The molecule has 1 aromatic rings. The minimum atomic E-state index is -1.04. The third-order valence-electron chi connectivity index (χ3n) is 2.91. The number of rotatable bonds is 2. The van der Waals surface area contributed by atoms with Gasteiger partial charge in [-0.1, -0.05) is 0 Å². The molecule has 0 aliphatic carbocycles. The van der Waals surface area contributed by atoms with E-state index in [-0.39, 0.29) is 18.6 Å². The van der Waals surface area contributed by atoms with Gasteiger partial charge < -0.3 is 14.7 Å². The normalized spacial score (nSPS) is 23.2. The third-order valence-corrected chi connectivity index (χ3v) is 3.63. The van der Waals surface area contributed by atoms with E-state index in [0.29, 0.717) is 12.1 Å². The predicted molar refractivity (Wildman–Crippen MR) is 77.0 cm³/mol. The van der Waals surface area contributed by atoms with Crippen LogP contribution in [0.2, 0.25) is 0 Å². The third kappa shape index (κ3) is 3.44. The van der Waals surface area contributed by atoms with Crippen LogP contribution in [0, 0.1) is 3.57 Å². The summed E-state index contributed by atoms with van der Waals surface area (Å²) in [5, 5.41) is 9.00. The average Bonchev–Trinajstić information content (AvgIpc) is 2.38. The van der Waals surface area contributed by atoms with E-state index in [0.717, 1.165) is 3.57 Å². The highest BCUT2D eigenvalue weighted by molar-refractivity contribution is 14.1. The molecule has 2 rings (SSSR count). The van der Waals surface area contributed by atoms with E-state index >= 15 is 0 Å². The molecule has 1 aliphatic rings. The lowest BCUT2D eigenvalue weighted by molar-refractivity contribution is -0.160. The molecule has 1 N–H and O–H groups in total. The van der Waals surface area contributed by atoms with E-state index in [1.165, 1.54) is 4.90 Å². The zero-order valence-electron chi connectivity index (χ0n) is 10.4. The van der Waals surface area contributed by atoms with Crippen LogP contribution in [0.3, 0.4) is 0 Å². The van der Waals surface area contributed by atoms with E-state index in [9.17, 15) is 9.59 Å². The monoisotopic (exact) mass is 375 g/mol. The highest BCUT2D eigenvalue weighted by Crippen LogP contribution is 2.15. The Bertz CT molecular complexity index is 488. The summed E-state index contributed by atoms with van der Waals surface area (Å²) >= 11 is 2.17. The molecule has 102 valence electrons. The standard InChI is InChI=1S/C13H14INO4/c1-8-6-15(7-11(19-8)13(17)18)12(16)9-2-4-10(14)5-3-9/h2-5,8,11H,6-7H2,1H3,(H,17,18)/t8-,11?/m1/s1. The molecule has 2 atom stereocenters. The van der Waals surface area contributed by atoms with Crippen molar-refractivity contribution in [3.8, 4) is 0 Å². The molecule has 1 amide bonds. The maximum Gasteiger partial charge on any atom is 0.334 e. The molecule has 0 bridgehead atoms. The number of nitrogens with zero attached hydrogens (tertiary/aromatic N) is 1. The van der Waals surface area contributed by atoms with Crippen LogP contribution in [-0.4, -0.2) is 47.2 Å². The van der Waals surface area contributed by atoms with Crippen molar-refractivity contribution >= 4 is 34.5 Å². The summed E-state index contributed by atoms with van der Waals surface area (Å²) in [5.41, 5.74) is 0.568. The van der Waals surface area contributed by atoms with Crippen LogP contribution in [-0.2, 0) is 9.53 Å². The van der Waals surface area contributed by atoms with Gasteiger partial charge in [0.2, 0.25) is 0 Å². The number of halogens is 1. The lowest BCUT2D eigenvalue weighted by atomic mass is 10.1. The van der Waals surface area contributed by atoms with Gasteiger partial charge in [-0.05, 0) is 53.8 Å². The minimum Gasteiger partial charge on any atom is -0.479 e. The fraction of sp³-hybridized carbons (Fsp3) is 0.385. The van der Waals surface area contributed by atoms with Crippen molar-refractivity contribution in [1.29, 1.82) is 0 Å². The first-order chi connectivity index (χ1) is 8.97. The van der Waals surface area contributed by atoms with Gasteiger partial charge in [-0.3, -0.25) is 4.79 Å². The number of ether oxygens (including phenoxy) is 1. The second-order valence-electron chi connectivity index (χ2n) is 4.49. The average molecular weight is 375 g/mol. The van der Waals surface area contributed by atoms with Gasteiger partial charge in [0.05, 0.1) is 12.6 Å². The number of aliphatic carboxylic acids is 1. The summed E-state index contributed by atoms with van der Waals surface area (Å²) in [6.07, 6.45) is -1.22. The molecule has 1 unspecified atom stereocenters. The molecule has 0 saturated carbocycles. The van der Waals surface area contributed by atoms with E-state index in [1.54, 1.807) is 19.1 Å². The Morgan fingerprint density at radius 1 is 1.32 bits per heavy atom. The van der Waals surface area contributed by atoms with Crippen molar-refractivity contribution < 1.29 is 19.4 Å². The van der Waals surface area contributed by atoms with Crippen molar-refractivity contribution in [3.63, 3.8) is 0 Å². The number of hydrogen-bond acceptors (Lipinski definition) is 3. The molecule has 1 saturated heterocycles. The van der Waals surface area contributed by atoms with Gasteiger partial charge in [-0.2, -0.15) is 0 Å². The predicted octanol–water partition coefficient (Wildman–Crippen LogP) is 1.61. The second-order valence-corrected chi connectivity index (χ2v) is 5.74. The Labute approximate surface area is 124 Å². The fourth-order valence-corrected chi connectivity index (χ4v) is 2.39. The molecule has 0 spiro atoms. The van der Waals surface area contributed by atoms with Gasteiger partial charge in [-0.15, -0.1) is 0 Å². The molecule has 1 aliphatic heterocycles. The SMILES string of the molecule is C[C@@H]1CN(C(=O)c2ccc(I)cc2)CC(C(=O)O)O1. The quantitative estimate of drug-likeness (QED) is 0.798. The summed E-state index contributed by atoms with van der Waals surface area (Å²) in [5.74, 6) is -1.19. The number of carboxylic acids is 1. The van der Waals surface area contributed by atoms with Crippen LogP contribution in [0.15, 0.2) is 24.3 Å². The maximum absolute atomic E-state index is 12.3. The van der Waals surface area contributed by atoms with Gasteiger partial charge in [0.15, 0.2) is 6.10 Å². The molecule has 0 radical (unpaired) electrons. The van der Waals surface area contributed by atoms with Crippen LogP contribution in [0.4, 0.5) is 0 Å². The molecule has 1 aromatic carbocycles. The van der Waals surface area contributed by atoms with Gasteiger partial charge in [0, 0.05) is 15.7 Å². The number of amides is 1. The largest absolute Gasteiger partial charge is 0.479 e. The van der Waals surface area contributed by atoms with Crippen molar-refractivity contribution in [2.45, 2.75) is 19.1 Å². The van der Waals surface area contributed by atoms with Crippen LogP contribution in [0.1, 0.15) is 17.3 Å². The zero-order valence-corrected chi connectivity index (χ0v) is 12.5. The number of morpholine rings is 1. The van der Waals surface area contributed by atoms with Crippen molar-refractivity contribution in [1.82, 2.24) is 4.90 Å². The van der Waals surface area contributed by atoms with E-state index < -0.39 is 12.1 Å². The maximum atomic E-state index is 12.3. The topological polar surface area (TPSA) is 66.8 Å². The number of benzene rings is 1. The molecule has 1 fully saturated rings. The smallest absolute Gasteiger partial charge is 0.334 e. The van der Waals surface area contributed by atoms with E-state index in [1.807, 2.05) is 12.1 Å². The fourth-order valence-electron chi connectivity index (χ4n) is 2.03. The van der Waals surface area contributed by atoms with E-state index in [2.05, 4.69) is 22.6 Å². The molecule has 0 aromatic heterocycles. The van der Waals surface area contributed by atoms with Crippen LogP contribution >= 0.6 is 22.6 Å². The molecule has 19 heavy (non-hydrogen) atoms. The summed E-state index contributed by atoms with van der Waals surface area (Å²) in [6.45, 7) is 2.27. The Hall–Kier alpha value is -1.15. The van der Waals surface area contributed by atoms with Gasteiger partial charge in [0.1, 0.15) is 0 Å². The van der Waals surface area contributed by atoms with Gasteiger partial charge in [0.25, 0.3) is 5.91 Å². The molecule has 5 nitrogen and oxygen atoms in total. The Morgan fingerprint density at radius 3 is 2.53 bits per heavy atom. The van der Waals surface area contributed by atoms with Crippen molar-refractivity contribution in [3.05, 3.63) is 33.4 Å². The highest BCUT2D eigenvalue weighted by atomic mass is 127.